The highest BCUT2D eigenvalue weighted by molar-refractivity contribution is 5.94. The second kappa shape index (κ2) is 8.33. The van der Waals surface area contributed by atoms with Gasteiger partial charge >= 0.3 is 5.97 Å². The van der Waals surface area contributed by atoms with Gasteiger partial charge in [-0.25, -0.2) is 14.8 Å². The third kappa shape index (κ3) is 3.68. The number of aromatic carboxylic acids is 1. The van der Waals surface area contributed by atoms with E-state index in [-0.39, 0.29) is 17.2 Å². The summed E-state index contributed by atoms with van der Waals surface area (Å²) in [5.74, 6) is -0.332. The average molecular weight is 459 g/mol. The van der Waals surface area contributed by atoms with Crippen molar-refractivity contribution < 1.29 is 9.90 Å². The quantitative estimate of drug-likeness (QED) is 0.472. The average Bonchev–Trinajstić information content (AvgIpc) is 3.29. The first-order chi connectivity index (χ1) is 16.3. The van der Waals surface area contributed by atoms with Gasteiger partial charge in [0.1, 0.15) is 11.5 Å². The van der Waals surface area contributed by atoms with Crippen molar-refractivity contribution in [1.82, 2.24) is 18.9 Å². The summed E-state index contributed by atoms with van der Waals surface area (Å²) in [4.78, 5) is 36.4. The van der Waals surface area contributed by atoms with E-state index in [9.17, 15) is 14.7 Å². The molecule has 0 amide bonds. The Balaban J connectivity index is 1.60. The number of benzene rings is 1. The molecule has 1 aromatic carbocycles. The van der Waals surface area contributed by atoms with Crippen LogP contribution in [0.3, 0.4) is 0 Å². The first-order valence-electron chi connectivity index (χ1n) is 11.2. The third-order valence-electron chi connectivity index (χ3n) is 6.35. The number of para-hydroxylation sites is 1. The largest absolute Gasteiger partial charge is 0.478 e. The second-order valence-corrected chi connectivity index (χ2v) is 8.75. The Morgan fingerprint density at radius 3 is 2.79 bits per heavy atom. The zero-order valence-electron chi connectivity index (χ0n) is 19.3. The molecule has 0 unspecified atom stereocenters. The van der Waals surface area contributed by atoms with Gasteiger partial charge in [0.25, 0.3) is 5.56 Å². The van der Waals surface area contributed by atoms with Crippen LogP contribution < -0.4 is 15.8 Å². The fourth-order valence-corrected chi connectivity index (χ4v) is 4.58. The predicted molar refractivity (Wildman–Crippen MR) is 130 cm³/mol. The van der Waals surface area contributed by atoms with E-state index < -0.39 is 5.97 Å². The van der Waals surface area contributed by atoms with Crippen molar-refractivity contribution in [3.63, 3.8) is 0 Å². The number of carboxylic acids is 1. The molecule has 3 aromatic heterocycles. The normalized spacial score (nSPS) is 14.1. The standard InChI is InChI=1S/C25H26N6O3/c1-15-10-20(17(3)27-21-7-5-4-6-19(21)25(33)34)23-28-22(16(2)24(32)31(23)12-15)29-8-9-30-14-26-11-18(30)13-29/h4-7,10-12,14,17,27H,8-9,13H2,1-3H3,(H,33,34)/t17-/m1/s1. The molecule has 0 saturated carbocycles. The highest BCUT2D eigenvalue weighted by atomic mass is 16.4. The number of nitrogens with zero attached hydrogens (tertiary/aromatic N) is 5. The number of nitrogens with one attached hydrogen (secondary N) is 1. The molecular formula is C25H26N6O3. The molecule has 4 heterocycles. The van der Waals surface area contributed by atoms with Gasteiger partial charge in [0.2, 0.25) is 0 Å². The molecule has 0 fully saturated rings. The van der Waals surface area contributed by atoms with E-state index in [1.807, 2.05) is 39.4 Å². The van der Waals surface area contributed by atoms with E-state index in [1.54, 1.807) is 34.9 Å². The highest BCUT2D eigenvalue weighted by Gasteiger charge is 2.23. The number of carboxylic acid groups (broad SMARTS) is 1. The lowest BCUT2D eigenvalue weighted by molar-refractivity contribution is 0.0698. The van der Waals surface area contributed by atoms with Gasteiger partial charge in [0, 0.05) is 36.7 Å². The van der Waals surface area contributed by atoms with Crippen molar-refractivity contribution in [1.29, 1.82) is 0 Å². The molecule has 34 heavy (non-hydrogen) atoms. The van der Waals surface area contributed by atoms with Gasteiger partial charge in [-0.3, -0.25) is 9.20 Å². The van der Waals surface area contributed by atoms with Crippen LogP contribution >= 0.6 is 0 Å². The summed E-state index contributed by atoms with van der Waals surface area (Å²) in [5, 5.41) is 12.9. The summed E-state index contributed by atoms with van der Waals surface area (Å²) < 4.78 is 3.71. The van der Waals surface area contributed by atoms with Crippen LogP contribution in [0.4, 0.5) is 11.5 Å². The summed E-state index contributed by atoms with van der Waals surface area (Å²) in [6, 6.07) is 8.50. The molecule has 2 N–H and O–H groups in total. The fraction of sp³-hybridized carbons (Fsp3) is 0.280. The van der Waals surface area contributed by atoms with Crippen LogP contribution in [-0.2, 0) is 13.1 Å². The number of anilines is 2. The van der Waals surface area contributed by atoms with Gasteiger partial charge in [0.05, 0.1) is 35.7 Å². The fourth-order valence-electron chi connectivity index (χ4n) is 4.58. The number of fused-ring (bicyclic) bond motifs is 2. The maximum atomic E-state index is 13.4. The number of carbonyl (C=O) groups is 1. The minimum absolute atomic E-state index is 0.109. The summed E-state index contributed by atoms with van der Waals surface area (Å²) >= 11 is 0. The third-order valence-corrected chi connectivity index (χ3v) is 6.35. The lowest BCUT2D eigenvalue weighted by Gasteiger charge is -2.30. The summed E-state index contributed by atoms with van der Waals surface area (Å²) in [6.07, 6.45) is 5.47. The van der Waals surface area contributed by atoms with Crippen LogP contribution in [0.2, 0.25) is 0 Å². The molecule has 1 aliphatic heterocycles. The Hall–Kier alpha value is -4.14. The molecule has 0 radical (unpaired) electrons. The van der Waals surface area contributed by atoms with E-state index in [0.717, 1.165) is 29.9 Å². The number of aromatic nitrogens is 4. The molecule has 0 aliphatic carbocycles. The lowest BCUT2D eigenvalue weighted by atomic mass is 10.1. The Morgan fingerprint density at radius 2 is 2.00 bits per heavy atom. The molecule has 1 aliphatic rings. The van der Waals surface area contributed by atoms with E-state index >= 15 is 0 Å². The molecule has 9 nitrogen and oxygen atoms in total. The van der Waals surface area contributed by atoms with Crippen molar-refractivity contribution >= 4 is 23.1 Å². The number of rotatable bonds is 5. The molecule has 0 spiro atoms. The minimum atomic E-state index is -0.999. The number of aryl methyl sites for hydroxylation is 1. The predicted octanol–water partition coefficient (Wildman–Crippen LogP) is 3.40. The van der Waals surface area contributed by atoms with Gasteiger partial charge in [-0.1, -0.05) is 12.1 Å². The molecule has 1 atom stereocenters. The first-order valence-corrected chi connectivity index (χ1v) is 11.2. The maximum absolute atomic E-state index is 13.4. The zero-order chi connectivity index (χ0) is 24.0. The van der Waals surface area contributed by atoms with Crippen molar-refractivity contribution in [3.05, 3.63) is 87.4 Å². The van der Waals surface area contributed by atoms with Gasteiger partial charge in [-0.05, 0) is 44.5 Å². The van der Waals surface area contributed by atoms with Crippen molar-refractivity contribution in [2.24, 2.45) is 0 Å². The SMILES string of the molecule is Cc1cc([C@@H](C)Nc2ccccc2C(=O)O)c2nc(N3CCn4cncc4C3)c(C)c(=O)n2c1. The van der Waals surface area contributed by atoms with Gasteiger partial charge in [0.15, 0.2) is 0 Å². The number of hydrogen-bond acceptors (Lipinski definition) is 6. The number of pyridine rings is 1. The topological polar surface area (TPSA) is 105 Å². The Morgan fingerprint density at radius 1 is 1.21 bits per heavy atom. The Labute approximate surface area is 196 Å². The van der Waals surface area contributed by atoms with Gasteiger partial charge in [-0.2, -0.15) is 0 Å². The van der Waals surface area contributed by atoms with E-state index in [4.69, 9.17) is 4.98 Å². The Kier molecular flexibility index (Phi) is 5.31. The van der Waals surface area contributed by atoms with Crippen LogP contribution in [0.5, 0.6) is 0 Å². The van der Waals surface area contributed by atoms with Gasteiger partial charge in [-0.15, -0.1) is 0 Å². The molecule has 0 bridgehead atoms. The second-order valence-electron chi connectivity index (χ2n) is 8.75. The molecule has 174 valence electrons. The van der Waals surface area contributed by atoms with Crippen molar-refractivity contribution in [3.8, 4) is 0 Å². The van der Waals surface area contributed by atoms with Crippen LogP contribution in [0.25, 0.3) is 5.65 Å². The number of imidazole rings is 1. The molecular weight excluding hydrogens is 432 g/mol. The monoisotopic (exact) mass is 458 g/mol. The van der Waals surface area contributed by atoms with Crippen LogP contribution in [0.1, 0.15) is 45.7 Å². The van der Waals surface area contributed by atoms with E-state index in [2.05, 4.69) is 19.8 Å². The first kappa shape index (κ1) is 21.7. The van der Waals surface area contributed by atoms with Crippen molar-refractivity contribution in [2.75, 3.05) is 16.8 Å². The number of hydrogen-bond donors (Lipinski definition) is 2. The van der Waals surface area contributed by atoms with Crippen LogP contribution in [0.15, 0.2) is 53.8 Å². The molecule has 9 heteroatoms. The zero-order valence-corrected chi connectivity index (χ0v) is 19.3. The summed E-state index contributed by atoms with van der Waals surface area (Å²) in [6.45, 7) is 7.83. The highest BCUT2D eigenvalue weighted by Crippen LogP contribution is 2.28. The Bertz CT molecular complexity index is 1470. The lowest BCUT2D eigenvalue weighted by Crippen LogP contribution is -2.36. The van der Waals surface area contributed by atoms with E-state index in [0.29, 0.717) is 29.3 Å². The molecule has 0 saturated heterocycles. The minimum Gasteiger partial charge on any atom is -0.478 e. The summed E-state index contributed by atoms with van der Waals surface area (Å²) in [7, 11) is 0. The maximum Gasteiger partial charge on any atom is 0.337 e. The smallest absolute Gasteiger partial charge is 0.337 e. The van der Waals surface area contributed by atoms with Gasteiger partial charge < -0.3 is 19.9 Å². The van der Waals surface area contributed by atoms with Crippen molar-refractivity contribution in [2.45, 2.75) is 39.9 Å². The van der Waals surface area contributed by atoms with E-state index in [1.165, 1.54) is 0 Å². The van der Waals surface area contributed by atoms with Crippen LogP contribution in [0, 0.1) is 13.8 Å². The summed E-state index contributed by atoms with van der Waals surface area (Å²) in [5.41, 5.74) is 4.57. The molecule has 4 aromatic rings. The molecule has 5 rings (SSSR count). The van der Waals surface area contributed by atoms with Crippen LogP contribution in [-0.4, -0.2) is 36.6 Å².